The number of benzene rings is 1. The van der Waals surface area contributed by atoms with Gasteiger partial charge in [-0.2, -0.15) is 0 Å². The topological polar surface area (TPSA) is 9.23 Å². The molecule has 0 spiro atoms. The molecule has 0 heterocycles. The molecule has 20 heavy (non-hydrogen) atoms. The lowest BCUT2D eigenvalue weighted by Gasteiger charge is -2.48. The Bertz CT molecular complexity index is 459. The second kappa shape index (κ2) is 5.63. The van der Waals surface area contributed by atoms with Crippen molar-refractivity contribution in [3.63, 3.8) is 0 Å². The lowest BCUT2D eigenvalue weighted by atomic mass is 9.63. The van der Waals surface area contributed by atoms with Crippen LogP contribution in [0.15, 0.2) is 30.8 Å². The molecule has 2 fully saturated rings. The smallest absolute Gasteiger partial charge is 0.120 e. The van der Waals surface area contributed by atoms with E-state index in [0.29, 0.717) is 0 Å². The van der Waals surface area contributed by atoms with Crippen molar-refractivity contribution >= 4 is 6.08 Å². The maximum Gasteiger partial charge on any atom is 0.120 e. The Labute approximate surface area is 123 Å². The maximum absolute atomic E-state index is 6.48. The molecular weight excluding hydrogens is 244 g/mol. The highest BCUT2D eigenvalue weighted by molar-refractivity contribution is 5.48. The predicted octanol–water partition coefficient (Wildman–Crippen LogP) is 5.46. The lowest BCUT2D eigenvalue weighted by molar-refractivity contribution is -0.0539. The molecule has 2 saturated carbocycles. The van der Waals surface area contributed by atoms with Crippen LogP contribution in [0.2, 0.25) is 0 Å². The van der Waals surface area contributed by atoms with Crippen LogP contribution < -0.4 is 4.74 Å². The van der Waals surface area contributed by atoms with Gasteiger partial charge in [-0.25, -0.2) is 0 Å². The third-order valence-electron chi connectivity index (χ3n) is 5.41. The van der Waals surface area contributed by atoms with Gasteiger partial charge in [0.05, 0.1) is 0 Å². The molecule has 1 heteroatoms. The molecule has 0 amide bonds. The van der Waals surface area contributed by atoms with Gasteiger partial charge in [-0.05, 0) is 56.2 Å². The summed E-state index contributed by atoms with van der Waals surface area (Å²) in [6.45, 7) is 6.15. The Morgan fingerprint density at radius 3 is 2.55 bits per heavy atom. The van der Waals surface area contributed by atoms with E-state index in [1.54, 1.807) is 0 Å². The summed E-state index contributed by atoms with van der Waals surface area (Å²) in [5, 5.41) is 0. The van der Waals surface area contributed by atoms with Crippen LogP contribution in [0.3, 0.4) is 0 Å². The first-order chi connectivity index (χ1) is 9.71. The van der Waals surface area contributed by atoms with Crippen molar-refractivity contribution in [3.8, 4) is 5.75 Å². The zero-order valence-corrected chi connectivity index (χ0v) is 12.6. The van der Waals surface area contributed by atoms with Crippen LogP contribution in [0.25, 0.3) is 6.08 Å². The molecule has 1 nitrogen and oxygen atoms in total. The third-order valence-corrected chi connectivity index (χ3v) is 5.41. The zero-order chi connectivity index (χ0) is 14.0. The summed E-state index contributed by atoms with van der Waals surface area (Å²) < 4.78 is 6.48. The van der Waals surface area contributed by atoms with Gasteiger partial charge in [-0.3, -0.25) is 0 Å². The van der Waals surface area contributed by atoms with E-state index in [1.807, 2.05) is 6.08 Å². The Kier molecular flexibility index (Phi) is 3.87. The molecule has 3 atom stereocenters. The fourth-order valence-corrected chi connectivity index (χ4v) is 4.33. The average molecular weight is 270 g/mol. The third kappa shape index (κ3) is 2.63. The van der Waals surface area contributed by atoms with E-state index in [2.05, 4.69) is 37.8 Å². The first-order valence-electron chi connectivity index (χ1n) is 8.13. The summed E-state index contributed by atoms with van der Waals surface area (Å²) in [4.78, 5) is 0. The van der Waals surface area contributed by atoms with Crippen molar-refractivity contribution in [1.82, 2.24) is 0 Å². The van der Waals surface area contributed by atoms with Gasteiger partial charge in [-0.15, -0.1) is 0 Å². The molecular formula is C19H26O. The fraction of sp³-hybridized carbons (Fsp3) is 0.579. The summed E-state index contributed by atoms with van der Waals surface area (Å²) >= 11 is 0. The summed E-state index contributed by atoms with van der Waals surface area (Å²) in [6.07, 6.45) is 11.4. The number of hydrogen-bond acceptors (Lipinski definition) is 1. The highest BCUT2D eigenvalue weighted by Gasteiger charge is 2.44. The van der Waals surface area contributed by atoms with Gasteiger partial charge in [0.25, 0.3) is 0 Å². The van der Waals surface area contributed by atoms with Crippen molar-refractivity contribution in [2.45, 2.75) is 57.5 Å². The van der Waals surface area contributed by atoms with Crippen LogP contribution in [0.5, 0.6) is 5.75 Å². The van der Waals surface area contributed by atoms with Crippen molar-refractivity contribution in [2.24, 2.45) is 11.8 Å². The molecule has 0 aromatic heterocycles. The Balaban J connectivity index is 1.77. The summed E-state index contributed by atoms with van der Waals surface area (Å²) in [7, 11) is 0. The largest absolute Gasteiger partial charge is 0.487 e. The predicted molar refractivity (Wildman–Crippen MR) is 84.9 cm³/mol. The van der Waals surface area contributed by atoms with Gasteiger partial charge < -0.3 is 4.74 Å². The number of hydrogen-bond donors (Lipinski definition) is 0. The van der Waals surface area contributed by atoms with E-state index < -0.39 is 0 Å². The second-order valence-electron chi connectivity index (χ2n) is 6.73. The molecule has 108 valence electrons. The number of rotatable bonds is 3. The van der Waals surface area contributed by atoms with Crippen molar-refractivity contribution in [3.05, 3.63) is 36.4 Å². The monoisotopic (exact) mass is 270 g/mol. The molecule has 0 radical (unpaired) electrons. The average Bonchev–Trinajstić information content (AvgIpc) is 2.48. The molecule has 1 aromatic carbocycles. The molecule has 1 aromatic rings. The van der Waals surface area contributed by atoms with Crippen molar-refractivity contribution in [1.29, 1.82) is 0 Å². The van der Waals surface area contributed by atoms with Crippen LogP contribution in [0.1, 0.15) is 57.4 Å². The number of ether oxygens (including phenoxy) is 1. The molecule has 0 aliphatic heterocycles. The zero-order valence-electron chi connectivity index (χ0n) is 12.6. The molecule has 2 aliphatic carbocycles. The SMILES string of the molecule is C=Cc1ccc(OC2(C)CCCC3CCCCC32)cc1. The van der Waals surface area contributed by atoms with Crippen LogP contribution in [0, 0.1) is 11.8 Å². The Morgan fingerprint density at radius 2 is 1.80 bits per heavy atom. The normalized spacial score (nSPS) is 33.2. The van der Waals surface area contributed by atoms with Gasteiger partial charge in [0.1, 0.15) is 11.4 Å². The van der Waals surface area contributed by atoms with E-state index in [4.69, 9.17) is 4.74 Å². The van der Waals surface area contributed by atoms with Crippen molar-refractivity contribution < 1.29 is 4.74 Å². The number of fused-ring (bicyclic) bond motifs is 1. The molecule has 0 bridgehead atoms. The van der Waals surface area contributed by atoms with E-state index in [-0.39, 0.29) is 5.60 Å². The first-order valence-corrected chi connectivity index (χ1v) is 8.13. The molecule has 3 rings (SSSR count). The van der Waals surface area contributed by atoms with Crippen LogP contribution >= 0.6 is 0 Å². The summed E-state index contributed by atoms with van der Waals surface area (Å²) in [6, 6.07) is 8.36. The van der Waals surface area contributed by atoms with Gasteiger partial charge in [-0.1, -0.05) is 44.1 Å². The van der Waals surface area contributed by atoms with E-state index in [9.17, 15) is 0 Å². The highest BCUT2D eigenvalue weighted by atomic mass is 16.5. The maximum atomic E-state index is 6.48. The van der Waals surface area contributed by atoms with Crippen LogP contribution in [-0.4, -0.2) is 5.60 Å². The highest BCUT2D eigenvalue weighted by Crippen LogP contribution is 2.47. The van der Waals surface area contributed by atoms with E-state index >= 15 is 0 Å². The standard InChI is InChI=1S/C19H26O/c1-3-15-10-12-17(13-11-15)20-19(2)14-6-8-16-7-4-5-9-18(16)19/h3,10-13,16,18H,1,4-9,14H2,2H3. The second-order valence-corrected chi connectivity index (χ2v) is 6.73. The van der Waals surface area contributed by atoms with Crippen LogP contribution in [0.4, 0.5) is 0 Å². The Morgan fingerprint density at radius 1 is 1.10 bits per heavy atom. The summed E-state index contributed by atoms with van der Waals surface area (Å²) in [5.41, 5.74) is 1.20. The molecule has 0 saturated heterocycles. The van der Waals surface area contributed by atoms with E-state index in [0.717, 1.165) is 23.1 Å². The minimum absolute atomic E-state index is 0.0407. The quantitative estimate of drug-likeness (QED) is 0.709. The van der Waals surface area contributed by atoms with Gasteiger partial charge in [0.2, 0.25) is 0 Å². The van der Waals surface area contributed by atoms with Crippen molar-refractivity contribution in [2.75, 3.05) is 0 Å². The molecule has 2 aliphatic rings. The molecule has 3 unspecified atom stereocenters. The van der Waals surface area contributed by atoms with Gasteiger partial charge in [0.15, 0.2) is 0 Å². The Hall–Kier alpha value is -1.24. The van der Waals surface area contributed by atoms with Gasteiger partial charge >= 0.3 is 0 Å². The van der Waals surface area contributed by atoms with Crippen LogP contribution in [-0.2, 0) is 0 Å². The molecule has 0 N–H and O–H groups in total. The van der Waals surface area contributed by atoms with Gasteiger partial charge in [0, 0.05) is 5.92 Å². The minimum Gasteiger partial charge on any atom is -0.487 e. The first kappa shape index (κ1) is 13.7. The summed E-state index contributed by atoms with van der Waals surface area (Å²) in [5.74, 6) is 2.67. The lowest BCUT2D eigenvalue weighted by Crippen LogP contribution is -2.48. The minimum atomic E-state index is 0.0407. The fourth-order valence-electron chi connectivity index (χ4n) is 4.33. The van der Waals surface area contributed by atoms with E-state index in [1.165, 1.54) is 44.9 Å².